The molecule has 0 rings (SSSR count). The predicted octanol–water partition coefficient (Wildman–Crippen LogP) is 4.24. The molecular formula is C10H12ClF3. The fourth-order valence-corrected chi connectivity index (χ4v) is 1.00. The monoisotopic (exact) mass is 224 g/mol. The van der Waals surface area contributed by atoms with Crippen LogP contribution in [0.5, 0.6) is 0 Å². The molecule has 14 heavy (non-hydrogen) atoms. The highest BCUT2D eigenvalue weighted by molar-refractivity contribution is 6.19. The fraction of sp³-hybridized carbons (Fsp3) is 0.400. The summed E-state index contributed by atoms with van der Waals surface area (Å²) in [5.41, 5.74) is 1.50. The number of rotatable bonds is 4. The van der Waals surface area contributed by atoms with Crippen molar-refractivity contribution in [2.75, 3.05) is 5.88 Å². The highest BCUT2D eigenvalue weighted by atomic mass is 35.5. The Bertz CT molecular complexity index is 249. The predicted molar refractivity (Wildman–Crippen MR) is 53.4 cm³/mol. The minimum atomic E-state index is -4.14. The standard InChI is InChI=1S/C10H12ClF3/c1-8(2)9(7-11)5-3-4-6-10(12,13)14/h3-5H,1,6-7H2,2H3/b4-3-,9-5+. The molecule has 0 saturated heterocycles. The molecule has 0 radical (unpaired) electrons. The zero-order chi connectivity index (χ0) is 11.2. The molecule has 0 heterocycles. The third kappa shape index (κ3) is 6.78. The van der Waals surface area contributed by atoms with Crippen molar-refractivity contribution in [2.24, 2.45) is 0 Å². The van der Waals surface area contributed by atoms with E-state index in [0.29, 0.717) is 0 Å². The molecule has 0 fully saturated rings. The summed E-state index contributed by atoms with van der Waals surface area (Å²) in [5, 5.41) is 0. The van der Waals surface area contributed by atoms with Crippen molar-refractivity contribution in [3.8, 4) is 0 Å². The van der Waals surface area contributed by atoms with Gasteiger partial charge < -0.3 is 0 Å². The summed E-state index contributed by atoms with van der Waals surface area (Å²) in [6, 6.07) is 0. The number of hydrogen-bond acceptors (Lipinski definition) is 0. The van der Waals surface area contributed by atoms with Crippen molar-refractivity contribution in [1.29, 1.82) is 0 Å². The van der Waals surface area contributed by atoms with Gasteiger partial charge in [0.25, 0.3) is 0 Å². The van der Waals surface area contributed by atoms with E-state index in [4.69, 9.17) is 11.6 Å². The van der Waals surface area contributed by atoms with Crippen LogP contribution in [-0.2, 0) is 0 Å². The topological polar surface area (TPSA) is 0 Å². The Balaban J connectivity index is 4.19. The lowest BCUT2D eigenvalue weighted by atomic mass is 10.1. The number of hydrogen-bond donors (Lipinski definition) is 0. The van der Waals surface area contributed by atoms with Crippen molar-refractivity contribution in [3.05, 3.63) is 36.0 Å². The molecule has 0 nitrogen and oxygen atoms in total. The zero-order valence-electron chi connectivity index (χ0n) is 7.87. The van der Waals surface area contributed by atoms with E-state index in [0.717, 1.165) is 17.2 Å². The normalized spacial score (nSPS) is 13.6. The molecule has 0 aliphatic carbocycles. The van der Waals surface area contributed by atoms with E-state index >= 15 is 0 Å². The lowest BCUT2D eigenvalue weighted by Gasteiger charge is -2.00. The first kappa shape index (κ1) is 13.3. The lowest BCUT2D eigenvalue weighted by Crippen LogP contribution is -2.03. The summed E-state index contributed by atoms with van der Waals surface area (Å²) < 4.78 is 35.1. The maximum absolute atomic E-state index is 11.7. The molecule has 0 N–H and O–H groups in total. The van der Waals surface area contributed by atoms with E-state index in [1.807, 2.05) is 0 Å². The molecule has 0 aromatic rings. The molecule has 4 heteroatoms. The van der Waals surface area contributed by atoms with Gasteiger partial charge in [-0.25, -0.2) is 0 Å². The van der Waals surface area contributed by atoms with Crippen LogP contribution in [0.2, 0.25) is 0 Å². The van der Waals surface area contributed by atoms with Gasteiger partial charge in [0.2, 0.25) is 0 Å². The van der Waals surface area contributed by atoms with E-state index < -0.39 is 12.6 Å². The Morgan fingerprint density at radius 1 is 1.43 bits per heavy atom. The lowest BCUT2D eigenvalue weighted by molar-refractivity contribution is -0.125. The highest BCUT2D eigenvalue weighted by Crippen LogP contribution is 2.19. The molecular weight excluding hydrogens is 213 g/mol. The van der Waals surface area contributed by atoms with Crippen LogP contribution < -0.4 is 0 Å². The number of halogens is 4. The van der Waals surface area contributed by atoms with E-state index in [1.54, 1.807) is 13.0 Å². The Hall–Kier alpha value is -0.700. The second-order valence-corrected chi connectivity index (χ2v) is 3.12. The third-order valence-electron chi connectivity index (χ3n) is 1.47. The molecule has 0 atom stereocenters. The molecule has 0 aromatic carbocycles. The number of allylic oxidation sites excluding steroid dienone is 5. The van der Waals surface area contributed by atoms with Gasteiger partial charge in [-0.2, -0.15) is 13.2 Å². The fourth-order valence-electron chi connectivity index (χ4n) is 0.687. The Labute approximate surface area is 86.8 Å². The van der Waals surface area contributed by atoms with Gasteiger partial charge in [-0.1, -0.05) is 30.4 Å². The minimum absolute atomic E-state index is 0.256. The van der Waals surface area contributed by atoms with E-state index in [2.05, 4.69) is 6.58 Å². The first-order chi connectivity index (χ1) is 6.37. The molecule has 0 unspecified atom stereocenters. The summed E-state index contributed by atoms with van der Waals surface area (Å²) in [7, 11) is 0. The van der Waals surface area contributed by atoms with Crippen LogP contribution in [0.25, 0.3) is 0 Å². The van der Waals surface area contributed by atoms with Gasteiger partial charge in [0, 0.05) is 5.88 Å². The minimum Gasteiger partial charge on any atom is -0.171 e. The van der Waals surface area contributed by atoms with Crippen molar-refractivity contribution in [1.82, 2.24) is 0 Å². The molecule has 0 spiro atoms. The van der Waals surface area contributed by atoms with Crippen molar-refractivity contribution < 1.29 is 13.2 Å². The first-order valence-corrected chi connectivity index (χ1v) is 4.54. The van der Waals surface area contributed by atoms with Crippen LogP contribution >= 0.6 is 11.6 Å². The molecule has 0 bridgehead atoms. The molecule has 0 amide bonds. The largest absolute Gasteiger partial charge is 0.392 e. The van der Waals surface area contributed by atoms with E-state index in [-0.39, 0.29) is 5.88 Å². The quantitative estimate of drug-likeness (QED) is 0.495. The average molecular weight is 225 g/mol. The first-order valence-electron chi connectivity index (χ1n) is 4.01. The SMILES string of the molecule is C=C(C)/C(=C/C=C\CC(F)(F)F)CCl. The van der Waals surface area contributed by atoms with Crippen molar-refractivity contribution in [2.45, 2.75) is 19.5 Å². The molecule has 0 aliphatic rings. The summed E-state index contributed by atoms with van der Waals surface area (Å²) in [5.74, 6) is 0.256. The summed E-state index contributed by atoms with van der Waals surface area (Å²) in [6.45, 7) is 5.40. The van der Waals surface area contributed by atoms with Gasteiger partial charge >= 0.3 is 6.18 Å². The summed E-state index contributed by atoms with van der Waals surface area (Å²) >= 11 is 5.55. The van der Waals surface area contributed by atoms with Gasteiger partial charge in [0.05, 0.1) is 6.42 Å². The zero-order valence-corrected chi connectivity index (χ0v) is 8.62. The maximum atomic E-state index is 11.7. The van der Waals surface area contributed by atoms with E-state index in [1.165, 1.54) is 6.08 Å². The van der Waals surface area contributed by atoms with Crippen LogP contribution in [0.1, 0.15) is 13.3 Å². The summed E-state index contributed by atoms with van der Waals surface area (Å²) in [6.07, 6.45) is -1.12. The Kier molecular flexibility index (Phi) is 5.62. The van der Waals surface area contributed by atoms with E-state index in [9.17, 15) is 13.2 Å². The van der Waals surface area contributed by atoms with Crippen LogP contribution in [0.4, 0.5) is 13.2 Å². The molecule has 0 saturated carbocycles. The van der Waals surface area contributed by atoms with Gasteiger partial charge in [-0.3, -0.25) is 0 Å². The third-order valence-corrected chi connectivity index (χ3v) is 1.76. The van der Waals surface area contributed by atoms with Gasteiger partial charge in [0.1, 0.15) is 0 Å². The van der Waals surface area contributed by atoms with Crippen LogP contribution in [-0.4, -0.2) is 12.1 Å². The van der Waals surface area contributed by atoms with Crippen molar-refractivity contribution in [3.63, 3.8) is 0 Å². The van der Waals surface area contributed by atoms with Crippen LogP contribution in [0.15, 0.2) is 36.0 Å². The average Bonchev–Trinajstić information content (AvgIpc) is 2.01. The van der Waals surface area contributed by atoms with Gasteiger partial charge in [-0.05, 0) is 12.5 Å². The van der Waals surface area contributed by atoms with Crippen LogP contribution in [0.3, 0.4) is 0 Å². The molecule has 0 aromatic heterocycles. The second-order valence-electron chi connectivity index (χ2n) is 2.85. The Morgan fingerprint density at radius 2 is 2.00 bits per heavy atom. The smallest absolute Gasteiger partial charge is 0.171 e. The second kappa shape index (κ2) is 5.91. The van der Waals surface area contributed by atoms with Gasteiger partial charge in [0.15, 0.2) is 0 Å². The maximum Gasteiger partial charge on any atom is 0.392 e. The highest BCUT2D eigenvalue weighted by Gasteiger charge is 2.24. The summed E-state index contributed by atoms with van der Waals surface area (Å²) in [4.78, 5) is 0. The molecule has 80 valence electrons. The Morgan fingerprint density at radius 3 is 2.36 bits per heavy atom. The van der Waals surface area contributed by atoms with Crippen LogP contribution in [0, 0.1) is 0 Å². The van der Waals surface area contributed by atoms with Crippen molar-refractivity contribution >= 4 is 11.6 Å². The number of alkyl halides is 4. The van der Waals surface area contributed by atoms with Gasteiger partial charge in [-0.15, -0.1) is 11.6 Å². The molecule has 0 aliphatic heterocycles.